The van der Waals surface area contributed by atoms with E-state index in [1.807, 2.05) is 24.3 Å². The molecule has 0 fully saturated rings. The van der Waals surface area contributed by atoms with E-state index in [1.165, 1.54) is 11.3 Å². The first kappa shape index (κ1) is 17.5. The number of hydrogen-bond acceptors (Lipinski definition) is 4. The van der Waals surface area contributed by atoms with Gasteiger partial charge in [0.05, 0.1) is 10.6 Å². The van der Waals surface area contributed by atoms with Crippen molar-refractivity contribution in [3.05, 3.63) is 74.9 Å². The lowest BCUT2D eigenvalue weighted by Gasteiger charge is -2.24. The zero-order valence-corrected chi connectivity index (χ0v) is 16.7. The van der Waals surface area contributed by atoms with Gasteiger partial charge in [0.1, 0.15) is 4.90 Å². The first-order valence-electron chi connectivity index (χ1n) is 7.93. The van der Waals surface area contributed by atoms with Crippen LogP contribution in [0.15, 0.2) is 74.2 Å². The van der Waals surface area contributed by atoms with E-state index in [9.17, 15) is 13.2 Å². The molecule has 4 nitrogen and oxygen atoms in total. The average Bonchev–Trinajstić information content (AvgIpc) is 3.06. The van der Waals surface area contributed by atoms with Crippen molar-refractivity contribution in [2.24, 2.45) is 0 Å². The number of rotatable bonds is 3. The summed E-state index contributed by atoms with van der Waals surface area (Å²) in [6, 6.07) is 16.1. The van der Waals surface area contributed by atoms with Gasteiger partial charge in [-0.1, -0.05) is 46.3 Å². The first-order chi connectivity index (χ1) is 12.5. The lowest BCUT2D eigenvalue weighted by atomic mass is 9.91. The summed E-state index contributed by atoms with van der Waals surface area (Å²) >= 11 is 4.83. The van der Waals surface area contributed by atoms with Crippen molar-refractivity contribution in [2.45, 2.75) is 22.1 Å². The quantitative estimate of drug-likeness (QED) is 0.625. The predicted molar refractivity (Wildman–Crippen MR) is 105 cm³/mol. The standard InChI is InChI=1S/C19H14BrNO3S2/c20-13-6-4-5-12(9-13)15-10-17(22)21-18-16(11-25-19(15)18)26(23,24)14-7-2-1-3-8-14/h1-9,11,15H,10H2,(H,21,22)/t15-/m1/s1. The van der Waals surface area contributed by atoms with Crippen molar-refractivity contribution in [3.8, 4) is 0 Å². The van der Waals surface area contributed by atoms with Crippen LogP contribution in [0.4, 0.5) is 5.69 Å². The number of hydrogen-bond donors (Lipinski definition) is 1. The van der Waals surface area contributed by atoms with Gasteiger partial charge in [-0.05, 0) is 29.8 Å². The van der Waals surface area contributed by atoms with Crippen LogP contribution in [0.1, 0.15) is 22.8 Å². The van der Waals surface area contributed by atoms with Gasteiger partial charge >= 0.3 is 0 Å². The van der Waals surface area contributed by atoms with Gasteiger partial charge in [-0.15, -0.1) is 11.3 Å². The Balaban J connectivity index is 1.85. The number of benzene rings is 2. The van der Waals surface area contributed by atoms with Crippen molar-refractivity contribution in [1.82, 2.24) is 0 Å². The van der Waals surface area contributed by atoms with Gasteiger partial charge in [0, 0.05) is 27.1 Å². The van der Waals surface area contributed by atoms with Crippen LogP contribution in [-0.4, -0.2) is 14.3 Å². The Morgan fingerprint density at radius 2 is 1.85 bits per heavy atom. The highest BCUT2D eigenvalue weighted by Gasteiger charge is 2.34. The molecule has 0 bridgehead atoms. The minimum Gasteiger partial charge on any atom is -0.324 e. The number of thiophene rings is 1. The van der Waals surface area contributed by atoms with Gasteiger partial charge in [-0.2, -0.15) is 0 Å². The number of sulfone groups is 1. The topological polar surface area (TPSA) is 63.2 Å². The van der Waals surface area contributed by atoms with Gasteiger partial charge < -0.3 is 5.32 Å². The largest absolute Gasteiger partial charge is 0.324 e. The molecule has 1 aliphatic rings. The minimum absolute atomic E-state index is 0.152. The molecule has 0 radical (unpaired) electrons. The van der Waals surface area contributed by atoms with Gasteiger partial charge in [-0.25, -0.2) is 8.42 Å². The Bertz CT molecular complexity index is 1090. The maximum absolute atomic E-state index is 13.0. The molecule has 1 atom stereocenters. The van der Waals surface area contributed by atoms with Crippen molar-refractivity contribution >= 4 is 48.7 Å². The minimum atomic E-state index is -3.69. The van der Waals surface area contributed by atoms with E-state index in [-0.39, 0.29) is 21.6 Å². The van der Waals surface area contributed by atoms with E-state index in [4.69, 9.17) is 0 Å². The number of nitrogens with one attached hydrogen (secondary N) is 1. The zero-order valence-electron chi connectivity index (χ0n) is 13.5. The van der Waals surface area contributed by atoms with E-state index in [1.54, 1.807) is 35.7 Å². The summed E-state index contributed by atoms with van der Waals surface area (Å²) in [4.78, 5) is 13.6. The summed E-state index contributed by atoms with van der Waals surface area (Å²) in [6.07, 6.45) is 0.300. The van der Waals surface area contributed by atoms with Crippen molar-refractivity contribution in [1.29, 1.82) is 0 Å². The molecule has 0 spiro atoms. The van der Waals surface area contributed by atoms with E-state index in [2.05, 4.69) is 21.2 Å². The fourth-order valence-corrected chi connectivity index (χ4v) is 6.47. The highest BCUT2D eigenvalue weighted by Crippen LogP contribution is 2.46. The Morgan fingerprint density at radius 1 is 1.08 bits per heavy atom. The lowest BCUT2D eigenvalue weighted by Crippen LogP contribution is -2.23. The number of carbonyl (C=O) groups is 1. The summed E-state index contributed by atoms with van der Waals surface area (Å²) in [5.41, 5.74) is 1.40. The smallest absolute Gasteiger partial charge is 0.225 e. The molecule has 1 aliphatic heterocycles. The summed E-state index contributed by atoms with van der Waals surface area (Å²) in [5, 5.41) is 4.41. The molecule has 0 saturated carbocycles. The highest BCUT2D eigenvalue weighted by atomic mass is 79.9. The van der Waals surface area contributed by atoms with Crippen LogP contribution < -0.4 is 5.32 Å². The third-order valence-corrected chi connectivity index (χ3v) is 7.88. The van der Waals surface area contributed by atoms with Crippen molar-refractivity contribution in [3.63, 3.8) is 0 Å². The van der Waals surface area contributed by atoms with Gasteiger partial charge in [-0.3, -0.25) is 4.79 Å². The molecule has 4 rings (SSSR count). The monoisotopic (exact) mass is 447 g/mol. The van der Waals surface area contributed by atoms with E-state index in [0.29, 0.717) is 12.1 Å². The molecule has 1 aromatic heterocycles. The van der Waals surface area contributed by atoms with Gasteiger partial charge in [0.15, 0.2) is 0 Å². The Morgan fingerprint density at radius 3 is 2.58 bits per heavy atom. The second-order valence-electron chi connectivity index (χ2n) is 6.02. The van der Waals surface area contributed by atoms with Crippen LogP contribution in [0.5, 0.6) is 0 Å². The van der Waals surface area contributed by atoms with E-state index in [0.717, 1.165) is 14.9 Å². The van der Waals surface area contributed by atoms with Crippen LogP contribution in [0.3, 0.4) is 0 Å². The van der Waals surface area contributed by atoms with Crippen LogP contribution in [-0.2, 0) is 14.6 Å². The van der Waals surface area contributed by atoms with Crippen molar-refractivity contribution < 1.29 is 13.2 Å². The molecule has 0 saturated heterocycles. The molecule has 2 aromatic carbocycles. The van der Waals surface area contributed by atoms with Crippen LogP contribution in [0.25, 0.3) is 0 Å². The fourth-order valence-electron chi connectivity index (χ4n) is 3.12. The molecule has 0 aliphatic carbocycles. The third kappa shape index (κ3) is 3.00. The predicted octanol–water partition coefficient (Wildman–Crippen LogP) is 4.82. The molecule has 3 aromatic rings. The summed E-state index contributed by atoms with van der Waals surface area (Å²) < 4.78 is 27.0. The number of carbonyl (C=O) groups excluding carboxylic acids is 1. The summed E-state index contributed by atoms with van der Waals surface area (Å²) in [7, 11) is -3.69. The molecule has 1 amide bonds. The molecular formula is C19H14BrNO3S2. The number of halogens is 1. The molecule has 26 heavy (non-hydrogen) atoms. The normalized spacial score (nSPS) is 16.8. The maximum Gasteiger partial charge on any atom is 0.225 e. The second kappa shape index (κ2) is 6.64. The molecular weight excluding hydrogens is 434 g/mol. The van der Waals surface area contributed by atoms with Crippen LogP contribution in [0.2, 0.25) is 0 Å². The molecule has 1 N–H and O–H groups in total. The first-order valence-corrected chi connectivity index (χ1v) is 11.1. The maximum atomic E-state index is 13.0. The third-order valence-electron chi connectivity index (χ3n) is 4.35. The Labute approximate surface area is 163 Å². The highest BCUT2D eigenvalue weighted by molar-refractivity contribution is 9.10. The summed E-state index contributed by atoms with van der Waals surface area (Å²) in [5.74, 6) is -0.327. The second-order valence-corrected chi connectivity index (χ2v) is 9.76. The number of anilines is 1. The van der Waals surface area contributed by atoms with Crippen molar-refractivity contribution in [2.75, 3.05) is 5.32 Å². The SMILES string of the molecule is O=C1C[C@H](c2cccc(Br)c2)c2scc(S(=O)(=O)c3ccccc3)c2N1. The average molecular weight is 448 g/mol. The Kier molecular flexibility index (Phi) is 4.46. The molecule has 0 unspecified atom stereocenters. The van der Waals surface area contributed by atoms with Crippen LogP contribution in [0, 0.1) is 0 Å². The Hall–Kier alpha value is -1.96. The fraction of sp³-hybridized carbons (Fsp3) is 0.105. The zero-order chi connectivity index (χ0) is 18.3. The van der Waals surface area contributed by atoms with E-state index < -0.39 is 9.84 Å². The van der Waals surface area contributed by atoms with E-state index >= 15 is 0 Å². The van der Waals surface area contributed by atoms with Gasteiger partial charge in [0.25, 0.3) is 0 Å². The van der Waals surface area contributed by atoms with Crippen LogP contribution >= 0.6 is 27.3 Å². The van der Waals surface area contributed by atoms with Gasteiger partial charge in [0.2, 0.25) is 15.7 Å². The number of amides is 1. The summed E-state index contributed by atoms with van der Waals surface area (Å²) in [6.45, 7) is 0. The molecule has 2 heterocycles. The lowest BCUT2D eigenvalue weighted by molar-refractivity contribution is -0.116. The molecule has 132 valence electrons. The number of fused-ring (bicyclic) bond motifs is 1. The molecule has 7 heteroatoms.